The Labute approximate surface area is 118 Å². The standard InChI is InChI=1S/C15H20N4O/c1-3-19-14(9-11(2)18-19)15(20)17-10-13(16)12-7-5-4-6-8-12/h4-9,13H,3,10,16H2,1-2H3,(H,17,20). The lowest BCUT2D eigenvalue weighted by Gasteiger charge is -2.13. The molecular weight excluding hydrogens is 252 g/mol. The van der Waals surface area contributed by atoms with Crippen LogP contribution in [0.1, 0.15) is 34.7 Å². The largest absolute Gasteiger partial charge is 0.349 e. The van der Waals surface area contributed by atoms with Gasteiger partial charge in [0.1, 0.15) is 5.69 Å². The first-order valence-electron chi connectivity index (χ1n) is 6.75. The van der Waals surface area contributed by atoms with E-state index in [9.17, 15) is 4.79 Å². The van der Waals surface area contributed by atoms with E-state index in [0.717, 1.165) is 11.3 Å². The molecule has 1 unspecified atom stereocenters. The number of nitrogens with one attached hydrogen (secondary N) is 1. The van der Waals surface area contributed by atoms with Crippen molar-refractivity contribution in [3.8, 4) is 0 Å². The third-order valence-electron chi connectivity index (χ3n) is 3.14. The highest BCUT2D eigenvalue weighted by molar-refractivity contribution is 5.92. The van der Waals surface area contributed by atoms with Crippen molar-refractivity contribution >= 4 is 5.91 Å². The van der Waals surface area contributed by atoms with Crippen molar-refractivity contribution in [1.29, 1.82) is 0 Å². The molecule has 20 heavy (non-hydrogen) atoms. The van der Waals surface area contributed by atoms with E-state index in [1.165, 1.54) is 0 Å². The van der Waals surface area contributed by atoms with E-state index in [1.54, 1.807) is 10.7 Å². The van der Waals surface area contributed by atoms with Crippen molar-refractivity contribution in [3.63, 3.8) is 0 Å². The average molecular weight is 272 g/mol. The van der Waals surface area contributed by atoms with Crippen LogP contribution >= 0.6 is 0 Å². The highest BCUT2D eigenvalue weighted by atomic mass is 16.2. The van der Waals surface area contributed by atoms with Gasteiger partial charge in [-0.2, -0.15) is 5.10 Å². The van der Waals surface area contributed by atoms with E-state index in [-0.39, 0.29) is 11.9 Å². The van der Waals surface area contributed by atoms with Crippen LogP contribution in [-0.2, 0) is 6.54 Å². The van der Waals surface area contributed by atoms with Gasteiger partial charge in [-0.1, -0.05) is 30.3 Å². The van der Waals surface area contributed by atoms with Gasteiger partial charge < -0.3 is 11.1 Å². The number of hydrogen-bond acceptors (Lipinski definition) is 3. The molecule has 2 rings (SSSR count). The Bertz CT molecular complexity index is 577. The van der Waals surface area contributed by atoms with Crippen LogP contribution in [0, 0.1) is 6.92 Å². The van der Waals surface area contributed by atoms with Gasteiger partial charge in [-0.25, -0.2) is 0 Å². The van der Waals surface area contributed by atoms with Crippen molar-refractivity contribution in [2.24, 2.45) is 5.73 Å². The zero-order chi connectivity index (χ0) is 14.5. The summed E-state index contributed by atoms with van der Waals surface area (Å²) in [5, 5.41) is 7.12. The maximum absolute atomic E-state index is 12.1. The molecule has 0 aliphatic carbocycles. The molecule has 1 heterocycles. The minimum absolute atomic E-state index is 0.140. The molecule has 0 fully saturated rings. The van der Waals surface area contributed by atoms with Crippen molar-refractivity contribution in [2.45, 2.75) is 26.4 Å². The fourth-order valence-corrected chi connectivity index (χ4v) is 2.08. The summed E-state index contributed by atoms with van der Waals surface area (Å²) >= 11 is 0. The van der Waals surface area contributed by atoms with Crippen molar-refractivity contribution in [1.82, 2.24) is 15.1 Å². The number of aryl methyl sites for hydroxylation is 2. The third kappa shape index (κ3) is 3.24. The highest BCUT2D eigenvalue weighted by Gasteiger charge is 2.14. The molecule has 106 valence electrons. The van der Waals surface area contributed by atoms with E-state index in [0.29, 0.717) is 18.8 Å². The van der Waals surface area contributed by atoms with Crippen LogP contribution in [0.5, 0.6) is 0 Å². The smallest absolute Gasteiger partial charge is 0.269 e. The Hall–Kier alpha value is -2.14. The molecule has 0 saturated carbocycles. The SMILES string of the molecule is CCn1nc(C)cc1C(=O)NCC(N)c1ccccc1. The monoisotopic (exact) mass is 272 g/mol. The lowest BCUT2D eigenvalue weighted by Crippen LogP contribution is -2.33. The molecular formula is C15H20N4O. The third-order valence-corrected chi connectivity index (χ3v) is 3.14. The molecule has 3 N–H and O–H groups in total. The summed E-state index contributed by atoms with van der Waals surface area (Å²) in [6.45, 7) is 4.90. The predicted molar refractivity (Wildman–Crippen MR) is 78.3 cm³/mol. The van der Waals surface area contributed by atoms with Gasteiger partial charge in [0.25, 0.3) is 5.91 Å². The summed E-state index contributed by atoms with van der Waals surface area (Å²) in [6, 6.07) is 11.3. The van der Waals surface area contributed by atoms with Crippen LogP contribution in [0.25, 0.3) is 0 Å². The van der Waals surface area contributed by atoms with Gasteiger partial charge in [0.2, 0.25) is 0 Å². The zero-order valence-electron chi connectivity index (χ0n) is 11.8. The Morgan fingerprint density at radius 3 is 2.75 bits per heavy atom. The first-order chi connectivity index (χ1) is 9.61. The van der Waals surface area contributed by atoms with Crippen LogP contribution < -0.4 is 11.1 Å². The van der Waals surface area contributed by atoms with Crippen LogP contribution in [0.2, 0.25) is 0 Å². The topological polar surface area (TPSA) is 72.9 Å². The van der Waals surface area contributed by atoms with E-state index in [2.05, 4.69) is 10.4 Å². The number of benzene rings is 1. The summed E-state index contributed by atoms with van der Waals surface area (Å²) in [6.07, 6.45) is 0. The molecule has 5 heteroatoms. The second-order valence-corrected chi connectivity index (χ2v) is 4.71. The first-order valence-corrected chi connectivity index (χ1v) is 6.75. The molecule has 2 aromatic rings. The van der Waals surface area contributed by atoms with Gasteiger partial charge in [-0.05, 0) is 25.5 Å². The summed E-state index contributed by atoms with van der Waals surface area (Å²) < 4.78 is 1.69. The molecule has 0 radical (unpaired) electrons. The summed E-state index contributed by atoms with van der Waals surface area (Å²) in [5.41, 5.74) is 8.48. The van der Waals surface area contributed by atoms with E-state index in [4.69, 9.17) is 5.73 Å². The Balaban J connectivity index is 1.98. The summed E-state index contributed by atoms with van der Waals surface area (Å²) in [7, 11) is 0. The van der Waals surface area contributed by atoms with E-state index < -0.39 is 0 Å². The number of amides is 1. The predicted octanol–water partition coefficient (Wildman–Crippen LogP) is 1.64. The Morgan fingerprint density at radius 1 is 1.40 bits per heavy atom. The molecule has 5 nitrogen and oxygen atoms in total. The van der Waals surface area contributed by atoms with Gasteiger partial charge >= 0.3 is 0 Å². The number of nitrogens with two attached hydrogens (primary N) is 1. The minimum atomic E-state index is -0.209. The quantitative estimate of drug-likeness (QED) is 0.869. The lowest BCUT2D eigenvalue weighted by molar-refractivity contribution is 0.0940. The average Bonchev–Trinajstić information content (AvgIpc) is 2.86. The molecule has 1 atom stereocenters. The summed E-state index contributed by atoms with van der Waals surface area (Å²) in [5.74, 6) is -0.140. The maximum Gasteiger partial charge on any atom is 0.269 e. The van der Waals surface area contributed by atoms with Crippen molar-refractivity contribution in [2.75, 3.05) is 6.54 Å². The van der Waals surface area contributed by atoms with Gasteiger partial charge in [-0.3, -0.25) is 9.48 Å². The Morgan fingerprint density at radius 2 is 2.10 bits per heavy atom. The highest BCUT2D eigenvalue weighted by Crippen LogP contribution is 2.09. The second-order valence-electron chi connectivity index (χ2n) is 4.71. The van der Waals surface area contributed by atoms with Gasteiger partial charge in [0.15, 0.2) is 0 Å². The Kier molecular flexibility index (Phi) is 4.53. The molecule has 0 saturated heterocycles. The number of rotatable bonds is 5. The molecule has 0 spiro atoms. The van der Waals surface area contributed by atoms with Crippen LogP contribution in [0.3, 0.4) is 0 Å². The zero-order valence-corrected chi connectivity index (χ0v) is 11.8. The summed E-state index contributed by atoms with van der Waals surface area (Å²) in [4.78, 5) is 12.1. The number of nitrogens with zero attached hydrogens (tertiary/aromatic N) is 2. The number of carbonyl (C=O) groups is 1. The fraction of sp³-hybridized carbons (Fsp3) is 0.333. The van der Waals surface area contributed by atoms with Crippen LogP contribution in [0.4, 0.5) is 0 Å². The second kappa shape index (κ2) is 6.34. The lowest BCUT2D eigenvalue weighted by atomic mass is 10.1. The molecule has 0 aliphatic heterocycles. The fourth-order valence-electron chi connectivity index (χ4n) is 2.08. The minimum Gasteiger partial charge on any atom is -0.349 e. The number of carbonyl (C=O) groups excluding carboxylic acids is 1. The molecule has 1 amide bonds. The van der Waals surface area contributed by atoms with Crippen molar-refractivity contribution < 1.29 is 4.79 Å². The van der Waals surface area contributed by atoms with Gasteiger partial charge in [-0.15, -0.1) is 0 Å². The molecule has 0 aliphatic rings. The normalized spacial score (nSPS) is 12.2. The molecule has 0 bridgehead atoms. The maximum atomic E-state index is 12.1. The first kappa shape index (κ1) is 14.3. The van der Waals surface area contributed by atoms with E-state index in [1.807, 2.05) is 44.2 Å². The van der Waals surface area contributed by atoms with Crippen LogP contribution in [-0.4, -0.2) is 22.2 Å². The molecule has 1 aromatic heterocycles. The number of hydrogen-bond donors (Lipinski definition) is 2. The van der Waals surface area contributed by atoms with Crippen molar-refractivity contribution in [3.05, 3.63) is 53.3 Å². The number of aromatic nitrogens is 2. The molecule has 1 aromatic carbocycles. The van der Waals surface area contributed by atoms with Crippen LogP contribution in [0.15, 0.2) is 36.4 Å². The van der Waals surface area contributed by atoms with Gasteiger partial charge in [0.05, 0.1) is 5.69 Å². The van der Waals surface area contributed by atoms with E-state index >= 15 is 0 Å². The van der Waals surface area contributed by atoms with Gasteiger partial charge in [0, 0.05) is 19.1 Å².